The number of anilines is 1. The second-order valence-corrected chi connectivity index (χ2v) is 4.55. The molecule has 2 aromatic heterocycles. The summed E-state index contributed by atoms with van der Waals surface area (Å²) in [5.74, 6) is 0. The van der Waals surface area contributed by atoms with Gasteiger partial charge in [0, 0.05) is 42.6 Å². The molecule has 0 fully saturated rings. The molecule has 0 unspecified atom stereocenters. The van der Waals surface area contributed by atoms with Gasteiger partial charge in [0.25, 0.3) is 0 Å². The van der Waals surface area contributed by atoms with E-state index in [1.165, 1.54) is 16.5 Å². The molecule has 96 valence electrons. The third-order valence-electron chi connectivity index (χ3n) is 3.36. The van der Waals surface area contributed by atoms with Gasteiger partial charge in [-0.25, -0.2) is 0 Å². The van der Waals surface area contributed by atoms with Crippen molar-refractivity contribution in [2.45, 2.75) is 20.0 Å². The molecule has 3 rings (SSSR count). The summed E-state index contributed by atoms with van der Waals surface area (Å²) in [5.41, 5.74) is 3.67. The number of hydrogen-bond donors (Lipinski definition) is 1. The van der Waals surface area contributed by atoms with Crippen molar-refractivity contribution >= 4 is 16.6 Å². The van der Waals surface area contributed by atoms with Gasteiger partial charge in [-0.3, -0.25) is 4.98 Å². The van der Waals surface area contributed by atoms with E-state index in [1.54, 1.807) is 6.20 Å². The van der Waals surface area contributed by atoms with E-state index in [4.69, 9.17) is 0 Å². The fourth-order valence-corrected chi connectivity index (χ4v) is 2.39. The number of aromatic nitrogens is 2. The first kappa shape index (κ1) is 11.8. The van der Waals surface area contributed by atoms with Crippen LogP contribution < -0.4 is 5.32 Å². The molecule has 1 aromatic carbocycles. The lowest BCUT2D eigenvalue weighted by Crippen LogP contribution is -1.99. The molecule has 0 saturated heterocycles. The number of para-hydroxylation sites is 1. The predicted octanol–water partition coefficient (Wildman–Crippen LogP) is 3.67. The quantitative estimate of drug-likeness (QED) is 0.766. The molecule has 0 radical (unpaired) electrons. The minimum atomic E-state index is 0.819. The molecule has 0 atom stereocenters. The monoisotopic (exact) mass is 251 g/mol. The third kappa shape index (κ3) is 2.32. The Morgan fingerprint density at radius 3 is 2.84 bits per heavy atom. The third-order valence-corrected chi connectivity index (χ3v) is 3.36. The Balaban J connectivity index is 1.89. The molecule has 0 spiro atoms. The molecule has 3 nitrogen and oxygen atoms in total. The highest BCUT2D eigenvalue weighted by Gasteiger charge is 2.06. The Morgan fingerprint density at radius 1 is 1.16 bits per heavy atom. The summed E-state index contributed by atoms with van der Waals surface area (Å²) >= 11 is 0. The number of pyridine rings is 1. The number of hydrogen-bond acceptors (Lipinski definition) is 2. The van der Waals surface area contributed by atoms with Gasteiger partial charge >= 0.3 is 0 Å². The molecular weight excluding hydrogens is 234 g/mol. The van der Waals surface area contributed by atoms with Crippen LogP contribution in [0.25, 0.3) is 10.9 Å². The zero-order chi connectivity index (χ0) is 13.1. The summed E-state index contributed by atoms with van der Waals surface area (Å²) in [6.07, 6.45) is 5.86. The van der Waals surface area contributed by atoms with Gasteiger partial charge in [-0.1, -0.05) is 18.2 Å². The first-order valence-electron chi connectivity index (χ1n) is 6.59. The minimum Gasteiger partial charge on any atom is -0.380 e. The van der Waals surface area contributed by atoms with Gasteiger partial charge in [0.15, 0.2) is 0 Å². The maximum atomic E-state index is 4.11. The lowest BCUT2D eigenvalue weighted by atomic mass is 10.2. The molecule has 0 saturated carbocycles. The predicted molar refractivity (Wildman–Crippen MR) is 79.2 cm³/mol. The SMILES string of the molecule is CCn1cc(CNc2cccnc2)c2ccccc21. The standard InChI is InChI=1S/C16H17N3/c1-2-19-12-13(15-7-3-4-8-16(15)19)10-18-14-6-5-9-17-11-14/h3-9,11-12,18H,2,10H2,1H3. The van der Waals surface area contributed by atoms with Crippen molar-refractivity contribution in [3.05, 3.63) is 60.6 Å². The van der Waals surface area contributed by atoms with E-state index in [0.29, 0.717) is 0 Å². The molecule has 3 aromatic rings. The Hall–Kier alpha value is -2.29. The van der Waals surface area contributed by atoms with Crippen LogP contribution in [0.1, 0.15) is 12.5 Å². The summed E-state index contributed by atoms with van der Waals surface area (Å²) in [5, 5.41) is 4.73. The van der Waals surface area contributed by atoms with E-state index < -0.39 is 0 Å². The second kappa shape index (κ2) is 5.14. The highest BCUT2D eigenvalue weighted by Crippen LogP contribution is 2.22. The van der Waals surface area contributed by atoms with Crippen LogP contribution in [0.3, 0.4) is 0 Å². The van der Waals surface area contributed by atoms with Crippen molar-refractivity contribution in [3.63, 3.8) is 0 Å². The first-order chi connectivity index (χ1) is 9.38. The maximum Gasteiger partial charge on any atom is 0.0529 e. The van der Waals surface area contributed by atoms with E-state index in [2.05, 4.69) is 52.3 Å². The van der Waals surface area contributed by atoms with Crippen molar-refractivity contribution < 1.29 is 0 Å². The van der Waals surface area contributed by atoms with Gasteiger partial charge in [-0.2, -0.15) is 0 Å². The van der Waals surface area contributed by atoms with Gasteiger partial charge in [0.05, 0.1) is 5.69 Å². The second-order valence-electron chi connectivity index (χ2n) is 4.55. The average molecular weight is 251 g/mol. The van der Waals surface area contributed by atoms with E-state index in [-0.39, 0.29) is 0 Å². The topological polar surface area (TPSA) is 29.9 Å². The number of rotatable bonds is 4. The van der Waals surface area contributed by atoms with E-state index in [9.17, 15) is 0 Å². The van der Waals surface area contributed by atoms with Crippen LogP contribution in [0.2, 0.25) is 0 Å². The number of fused-ring (bicyclic) bond motifs is 1. The van der Waals surface area contributed by atoms with Crippen LogP contribution in [-0.4, -0.2) is 9.55 Å². The largest absolute Gasteiger partial charge is 0.380 e. The molecule has 3 heteroatoms. The average Bonchev–Trinajstić information content (AvgIpc) is 2.84. The number of aryl methyl sites for hydroxylation is 1. The van der Waals surface area contributed by atoms with E-state index in [0.717, 1.165) is 18.8 Å². The van der Waals surface area contributed by atoms with Crippen molar-refractivity contribution in [1.82, 2.24) is 9.55 Å². The minimum absolute atomic E-state index is 0.819. The molecule has 0 aliphatic rings. The molecule has 0 aliphatic carbocycles. The highest BCUT2D eigenvalue weighted by molar-refractivity contribution is 5.84. The fourth-order valence-electron chi connectivity index (χ4n) is 2.39. The number of benzene rings is 1. The summed E-state index contributed by atoms with van der Waals surface area (Å²) < 4.78 is 2.29. The summed E-state index contributed by atoms with van der Waals surface area (Å²) in [6.45, 7) is 3.98. The molecular formula is C16H17N3. The van der Waals surface area contributed by atoms with Crippen LogP contribution in [0.15, 0.2) is 55.0 Å². The number of nitrogens with zero attached hydrogens (tertiary/aromatic N) is 2. The normalized spacial score (nSPS) is 10.8. The van der Waals surface area contributed by atoms with Crippen molar-refractivity contribution in [2.75, 3.05) is 5.32 Å². The molecule has 0 aliphatic heterocycles. The molecule has 0 amide bonds. The van der Waals surface area contributed by atoms with Crippen LogP contribution in [0.4, 0.5) is 5.69 Å². The Morgan fingerprint density at radius 2 is 2.05 bits per heavy atom. The molecule has 0 bridgehead atoms. The van der Waals surface area contributed by atoms with Gasteiger partial charge in [0.1, 0.15) is 0 Å². The van der Waals surface area contributed by atoms with Crippen LogP contribution in [-0.2, 0) is 13.1 Å². The van der Waals surface area contributed by atoms with Crippen LogP contribution >= 0.6 is 0 Å². The Bertz CT molecular complexity index is 671. The molecule has 1 N–H and O–H groups in total. The van der Waals surface area contributed by atoms with Crippen molar-refractivity contribution in [3.8, 4) is 0 Å². The summed E-state index contributed by atoms with van der Waals surface area (Å²) in [7, 11) is 0. The van der Waals surface area contributed by atoms with Gasteiger partial charge in [-0.05, 0) is 30.7 Å². The summed E-state index contributed by atoms with van der Waals surface area (Å²) in [4.78, 5) is 4.11. The van der Waals surface area contributed by atoms with E-state index >= 15 is 0 Å². The lowest BCUT2D eigenvalue weighted by molar-refractivity contribution is 0.793. The molecule has 19 heavy (non-hydrogen) atoms. The van der Waals surface area contributed by atoms with Crippen molar-refractivity contribution in [1.29, 1.82) is 0 Å². The number of nitrogens with one attached hydrogen (secondary N) is 1. The smallest absolute Gasteiger partial charge is 0.0529 e. The maximum absolute atomic E-state index is 4.11. The van der Waals surface area contributed by atoms with Crippen LogP contribution in [0, 0.1) is 0 Å². The van der Waals surface area contributed by atoms with Crippen LogP contribution in [0.5, 0.6) is 0 Å². The highest BCUT2D eigenvalue weighted by atomic mass is 15.0. The van der Waals surface area contributed by atoms with Gasteiger partial charge in [-0.15, -0.1) is 0 Å². The Kier molecular flexibility index (Phi) is 3.19. The summed E-state index contributed by atoms with van der Waals surface area (Å²) in [6, 6.07) is 12.5. The first-order valence-corrected chi connectivity index (χ1v) is 6.59. The van der Waals surface area contributed by atoms with Crippen molar-refractivity contribution in [2.24, 2.45) is 0 Å². The lowest BCUT2D eigenvalue weighted by Gasteiger charge is -2.04. The van der Waals surface area contributed by atoms with Gasteiger partial charge < -0.3 is 9.88 Å². The zero-order valence-corrected chi connectivity index (χ0v) is 11.0. The zero-order valence-electron chi connectivity index (χ0n) is 11.0. The fraction of sp³-hybridized carbons (Fsp3) is 0.188. The van der Waals surface area contributed by atoms with E-state index in [1.807, 2.05) is 18.3 Å². The Labute approximate surface area is 112 Å². The molecule has 2 heterocycles. The van der Waals surface area contributed by atoms with Gasteiger partial charge in [0.2, 0.25) is 0 Å².